The Morgan fingerprint density at radius 1 is 1.12 bits per heavy atom. The van der Waals surface area contributed by atoms with E-state index >= 15 is 0 Å². The lowest BCUT2D eigenvalue weighted by Crippen LogP contribution is -2.33. The molecule has 0 unspecified atom stereocenters. The number of nitrogens with zero attached hydrogens (tertiary/aromatic N) is 6. The number of hydrogen-bond donors (Lipinski definition) is 0. The molecule has 1 atom stereocenters. The van der Waals surface area contributed by atoms with Gasteiger partial charge in [0.15, 0.2) is 5.65 Å². The van der Waals surface area contributed by atoms with E-state index in [-0.39, 0.29) is 0 Å². The fraction of sp³-hybridized carbons (Fsp3) is 0.450. The molecular weight excluding hydrogens is 324 g/mol. The van der Waals surface area contributed by atoms with Gasteiger partial charge in [-0.15, -0.1) is 0 Å². The van der Waals surface area contributed by atoms with E-state index in [0.717, 1.165) is 37.5 Å². The number of aromatic nitrogens is 4. The summed E-state index contributed by atoms with van der Waals surface area (Å²) in [5.74, 6) is 0. The Hall–Kier alpha value is -2.31. The summed E-state index contributed by atoms with van der Waals surface area (Å²) in [7, 11) is 2.23. The second kappa shape index (κ2) is 7.93. The van der Waals surface area contributed by atoms with E-state index in [1.54, 1.807) is 0 Å². The average Bonchev–Trinajstić information content (AvgIpc) is 2.92. The van der Waals surface area contributed by atoms with Gasteiger partial charge in [-0.1, -0.05) is 6.07 Å². The van der Waals surface area contributed by atoms with Crippen molar-refractivity contribution in [3.8, 4) is 0 Å². The van der Waals surface area contributed by atoms with Crippen molar-refractivity contribution in [3.63, 3.8) is 0 Å². The lowest BCUT2D eigenvalue weighted by Gasteiger charge is -2.27. The van der Waals surface area contributed by atoms with Crippen LogP contribution in [-0.4, -0.2) is 55.3 Å². The van der Waals surface area contributed by atoms with E-state index in [1.807, 2.05) is 37.1 Å². The predicted octanol–water partition coefficient (Wildman–Crippen LogP) is 2.61. The Morgan fingerprint density at radius 3 is 2.96 bits per heavy atom. The summed E-state index contributed by atoms with van der Waals surface area (Å²) >= 11 is 0. The number of pyridine rings is 1. The normalized spacial score (nSPS) is 19.1. The fourth-order valence-electron chi connectivity index (χ4n) is 3.85. The van der Waals surface area contributed by atoms with Crippen LogP contribution in [0.15, 0.2) is 49.2 Å². The summed E-state index contributed by atoms with van der Waals surface area (Å²) in [5, 5.41) is 0. The highest BCUT2D eigenvalue weighted by Crippen LogP contribution is 2.19. The minimum atomic E-state index is 0.619. The van der Waals surface area contributed by atoms with Gasteiger partial charge in [-0.2, -0.15) is 0 Å². The topological polar surface area (TPSA) is 49.6 Å². The first-order valence-corrected chi connectivity index (χ1v) is 9.38. The Bertz CT molecular complexity index is 830. The second-order valence-electron chi connectivity index (χ2n) is 7.15. The molecule has 1 aliphatic heterocycles. The molecule has 26 heavy (non-hydrogen) atoms. The van der Waals surface area contributed by atoms with Gasteiger partial charge in [0.2, 0.25) is 0 Å². The summed E-state index contributed by atoms with van der Waals surface area (Å²) in [6.07, 6.45) is 13.2. The minimum absolute atomic E-state index is 0.619. The van der Waals surface area contributed by atoms with Crippen LogP contribution in [0.1, 0.15) is 30.7 Å². The highest BCUT2D eigenvalue weighted by atomic mass is 15.2. The number of fused-ring (bicyclic) bond motifs is 1. The zero-order chi connectivity index (χ0) is 17.8. The molecule has 0 saturated carbocycles. The SMILES string of the molecule is CN(Cc1ccccn1)[C@H]1CCCN(Cc2cnc3cnccn23)CC1. The van der Waals surface area contributed by atoms with Crippen LogP contribution in [0.4, 0.5) is 0 Å². The third-order valence-electron chi connectivity index (χ3n) is 5.33. The van der Waals surface area contributed by atoms with Crippen molar-refractivity contribution in [2.75, 3.05) is 20.1 Å². The average molecular weight is 350 g/mol. The van der Waals surface area contributed by atoms with Crippen molar-refractivity contribution in [3.05, 3.63) is 60.6 Å². The van der Waals surface area contributed by atoms with Crippen LogP contribution in [-0.2, 0) is 13.1 Å². The summed E-state index contributed by atoms with van der Waals surface area (Å²) in [6, 6.07) is 6.77. The molecule has 1 aliphatic rings. The summed E-state index contributed by atoms with van der Waals surface area (Å²) in [5.41, 5.74) is 3.31. The van der Waals surface area contributed by atoms with Crippen molar-refractivity contribution in [1.29, 1.82) is 0 Å². The van der Waals surface area contributed by atoms with Crippen LogP contribution >= 0.6 is 0 Å². The highest BCUT2D eigenvalue weighted by molar-refractivity contribution is 5.36. The van der Waals surface area contributed by atoms with E-state index in [9.17, 15) is 0 Å². The molecule has 1 fully saturated rings. The lowest BCUT2D eigenvalue weighted by atomic mass is 10.1. The number of likely N-dealkylation sites (tertiary alicyclic amines) is 1. The molecule has 6 nitrogen and oxygen atoms in total. The first kappa shape index (κ1) is 17.1. The Kier molecular flexibility index (Phi) is 5.22. The van der Waals surface area contributed by atoms with Gasteiger partial charge < -0.3 is 0 Å². The maximum atomic E-state index is 4.46. The van der Waals surface area contributed by atoms with Crippen molar-refractivity contribution >= 4 is 5.65 Å². The standard InChI is InChI=1S/C20H26N6/c1-24(15-17-5-2-3-8-22-17)18-6-4-10-25(11-7-18)16-19-13-23-20-14-21-9-12-26(19)20/h2-3,5,8-9,12-14,18H,4,6-7,10-11,15-16H2,1H3/t18-/m0/s1. The molecule has 4 rings (SSSR count). The fourth-order valence-corrected chi connectivity index (χ4v) is 3.85. The Labute approximate surface area is 154 Å². The van der Waals surface area contributed by atoms with Gasteiger partial charge in [0.1, 0.15) is 0 Å². The molecule has 1 saturated heterocycles. The Morgan fingerprint density at radius 2 is 2.08 bits per heavy atom. The van der Waals surface area contributed by atoms with Gasteiger partial charge in [-0.25, -0.2) is 4.98 Å². The van der Waals surface area contributed by atoms with Crippen LogP contribution in [0.3, 0.4) is 0 Å². The van der Waals surface area contributed by atoms with Gasteiger partial charge in [-0.3, -0.25) is 24.2 Å². The zero-order valence-corrected chi connectivity index (χ0v) is 15.3. The number of imidazole rings is 1. The highest BCUT2D eigenvalue weighted by Gasteiger charge is 2.21. The molecule has 6 heteroatoms. The van der Waals surface area contributed by atoms with Gasteiger partial charge in [-0.05, 0) is 45.0 Å². The van der Waals surface area contributed by atoms with E-state index in [4.69, 9.17) is 0 Å². The van der Waals surface area contributed by atoms with Crippen molar-refractivity contribution in [2.24, 2.45) is 0 Å². The smallest absolute Gasteiger partial charge is 0.155 e. The summed E-state index contributed by atoms with van der Waals surface area (Å²) in [6.45, 7) is 4.13. The summed E-state index contributed by atoms with van der Waals surface area (Å²) < 4.78 is 2.14. The van der Waals surface area contributed by atoms with E-state index < -0.39 is 0 Å². The first-order valence-electron chi connectivity index (χ1n) is 9.38. The quantitative estimate of drug-likeness (QED) is 0.708. The monoisotopic (exact) mass is 350 g/mol. The van der Waals surface area contributed by atoms with E-state index in [1.165, 1.54) is 25.0 Å². The number of hydrogen-bond acceptors (Lipinski definition) is 5. The van der Waals surface area contributed by atoms with Crippen LogP contribution in [0.25, 0.3) is 5.65 Å². The molecule has 0 bridgehead atoms. The maximum Gasteiger partial charge on any atom is 0.155 e. The van der Waals surface area contributed by atoms with E-state index in [2.05, 4.69) is 48.3 Å². The maximum absolute atomic E-state index is 4.46. The molecule has 3 aromatic heterocycles. The zero-order valence-electron chi connectivity index (χ0n) is 15.3. The van der Waals surface area contributed by atoms with Gasteiger partial charge in [0.25, 0.3) is 0 Å². The third kappa shape index (κ3) is 3.92. The molecule has 0 radical (unpaired) electrons. The van der Waals surface area contributed by atoms with Crippen LogP contribution in [0.5, 0.6) is 0 Å². The number of rotatable bonds is 5. The molecule has 4 heterocycles. The molecule has 0 spiro atoms. The molecule has 0 N–H and O–H groups in total. The van der Waals surface area contributed by atoms with Crippen molar-refractivity contribution < 1.29 is 0 Å². The van der Waals surface area contributed by atoms with Gasteiger partial charge in [0, 0.05) is 44.3 Å². The second-order valence-corrected chi connectivity index (χ2v) is 7.15. The first-order chi connectivity index (χ1) is 12.8. The van der Waals surface area contributed by atoms with E-state index in [0.29, 0.717) is 6.04 Å². The lowest BCUT2D eigenvalue weighted by molar-refractivity contribution is 0.204. The third-order valence-corrected chi connectivity index (χ3v) is 5.33. The van der Waals surface area contributed by atoms with Crippen LogP contribution in [0, 0.1) is 0 Å². The molecule has 136 valence electrons. The van der Waals surface area contributed by atoms with Crippen molar-refractivity contribution in [1.82, 2.24) is 29.2 Å². The predicted molar refractivity (Wildman–Crippen MR) is 102 cm³/mol. The summed E-state index contributed by atoms with van der Waals surface area (Å²) in [4.78, 5) is 18.1. The molecular formula is C20H26N6. The Balaban J connectivity index is 1.36. The van der Waals surface area contributed by atoms with Gasteiger partial charge in [0.05, 0.1) is 23.8 Å². The van der Waals surface area contributed by atoms with Gasteiger partial charge >= 0.3 is 0 Å². The molecule has 0 aromatic carbocycles. The largest absolute Gasteiger partial charge is 0.300 e. The van der Waals surface area contributed by atoms with Crippen LogP contribution < -0.4 is 0 Å². The van der Waals surface area contributed by atoms with Crippen LogP contribution in [0.2, 0.25) is 0 Å². The van der Waals surface area contributed by atoms with Crippen molar-refractivity contribution in [2.45, 2.75) is 38.4 Å². The molecule has 0 amide bonds. The molecule has 3 aromatic rings. The minimum Gasteiger partial charge on any atom is -0.300 e. The molecule has 0 aliphatic carbocycles.